The standard InChI is InChI=1S/C29H26FO3S/c1-29(2,22-16-18-23(30)19-17-22)33-28(31)21-32-24-10-9-15-27(20-24)34(25-11-5-3-6-12-25)26-13-7-4-8-14-26/h3-20H,21H2,1-2H3/q+1. The van der Waals surface area contributed by atoms with E-state index in [9.17, 15) is 9.18 Å². The number of hydrogen-bond acceptors (Lipinski definition) is 3. The maximum absolute atomic E-state index is 13.2. The molecule has 0 aliphatic heterocycles. The monoisotopic (exact) mass is 473 g/mol. The fourth-order valence-electron chi connectivity index (χ4n) is 3.58. The molecule has 4 rings (SSSR count). The highest BCUT2D eigenvalue weighted by Gasteiger charge is 2.29. The third-order valence-electron chi connectivity index (χ3n) is 5.26. The van der Waals surface area contributed by atoms with Crippen molar-refractivity contribution in [3.05, 3.63) is 121 Å². The van der Waals surface area contributed by atoms with Crippen LogP contribution in [0, 0.1) is 5.82 Å². The lowest BCUT2D eigenvalue weighted by atomic mass is 9.98. The van der Waals surface area contributed by atoms with Crippen LogP contribution < -0.4 is 4.74 Å². The van der Waals surface area contributed by atoms with Gasteiger partial charge >= 0.3 is 5.97 Å². The summed E-state index contributed by atoms with van der Waals surface area (Å²) in [5.74, 6) is -0.234. The number of carbonyl (C=O) groups is 1. The Morgan fingerprint density at radius 3 is 1.91 bits per heavy atom. The van der Waals surface area contributed by atoms with Crippen molar-refractivity contribution in [1.82, 2.24) is 0 Å². The molecule has 0 heterocycles. The second-order valence-electron chi connectivity index (χ2n) is 8.19. The lowest BCUT2D eigenvalue weighted by molar-refractivity contribution is -0.159. The minimum atomic E-state index is -0.900. The number of hydrogen-bond donors (Lipinski definition) is 0. The summed E-state index contributed by atoms with van der Waals surface area (Å²) in [4.78, 5) is 16.0. The molecule has 0 aliphatic carbocycles. The SMILES string of the molecule is CC(C)(OC(=O)COc1cccc([S+](c2ccccc2)c2ccccc2)c1)c1ccc(F)cc1. The van der Waals surface area contributed by atoms with Gasteiger partial charge in [0, 0.05) is 6.07 Å². The maximum atomic E-state index is 13.2. The molecular weight excluding hydrogens is 447 g/mol. The summed E-state index contributed by atoms with van der Waals surface area (Å²) in [6.45, 7) is 3.31. The van der Waals surface area contributed by atoms with Crippen LogP contribution in [0.4, 0.5) is 4.39 Å². The molecule has 0 unspecified atom stereocenters. The first-order valence-corrected chi connectivity index (χ1v) is 12.2. The Labute approximate surface area is 202 Å². The summed E-state index contributed by atoms with van der Waals surface area (Å²) < 4.78 is 24.6. The molecule has 0 aromatic heterocycles. The van der Waals surface area contributed by atoms with E-state index in [1.165, 1.54) is 21.9 Å². The molecule has 4 aromatic carbocycles. The van der Waals surface area contributed by atoms with Gasteiger partial charge in [0.15, 0.2) is 21.3 Å². The van der Waals surface area contributed by atoms with Gasteiger partial charge in [0.1, 0.15) is 17.2 Å². The van der Waals surface area contributed by atoms with E-state index in [1.54, 1.807) is 26.0 Å². The first-order chi connectivity index (χ1) is 16.4. The largest absolute Gasteiger partial charge is 0.482 e. The van der Waals surface area contributed by atoms with Gasteiger partial charge in [-0.1, -0.05) is 54.6 Å². The number of carbonyl (C=O) groups excluding carboxylic acids is 1. The highest BCUT2D eigenvalue weighted by atomic mass is 32.2. The zero-order chi connectivity index (χ0) is 24.0. The molecule has 0 spiro atoms. The molecule has 34 heavy (non-hydrogen) atoms. The van der Waals surface area contributed by atoms with Crippen molar-refractivity contribution < 1.29 is 18.7 Å². The molecule has 4 aromatic rings. The molecule has 0 radical (unpaired) electrons. The van der Waals surface area contributed by atoms with Gasteiger partial charge in [0.05, 0.1) is 10.9 Å². The Bertz CT molecular complexity index is 1190. The molecular formula is C29H26FO3S+. The summed E-state index contributed by atoms with van der Waals surface area (Å²) in [6.07, 6.45) is 0. The highest BCUT2D eigenvalue weighted by molar-refractivity contribution is 7.97. The first-order valence-electron chi connectivity index (χ1n) is 11.0. The molecule has 0 atom stereocenters. The van der Waals surface area contributed by atoms with E-state index >= 15 is 0 Å². The number of halogens is 1. The quantitative estimate of drug-likeness (QED) is 0.209. The van der Waals surface area contributed by atoms with E-state index in [2.05, 4.69) is 30.3 Å². The molecule has 0 bridgehead atoms. The summed E-state index contributed by atoms with van der Waals surface area (Å²) in [5, 5.41) is 0. The third kappa shape index (κ3) is 5.86. The number of esters is 1. The summed E-state index contributed by atoms with van der Waals surface area (Å²) in [6, 6.07) is 34.4. The molecule has 172 valence electrons. The van der Waals surface area contributed by atoms with Crippen molar-refractivity contribution in [2.24, 2.45) is 0 Å². The molecule has 5 heteroatoms. The van der Waals surface area contributed by atoms with Crippen molar-refractivity contribution in [2.75, 3.05) is 6.61 Å². The average Bonchev–Trinajstić information content (AvgIpc) is 2.85. The summed E-state index contributed by atoms with van der Waals surface area (Å²) in [7, 11) is -0.309. The number of benzene rings is 4. The zero-order valence-corrected chi connectivity index (χ0v) is 19.9. The second kappa shape index (κ2) is 10.6. The van der Waals surface area contributed by atoms with Crippen LogP contribution in [0.25, 0.3) is 0 Å². The molecule has 0 fully saturated rings. The van der Waals surface area contributed by atoms with Crippen LogP contribution in [-0.4, -0.2) is 12.6 Å². The first kappa shape index (κ1) is 23.6. The highest BCUT2D eigenvalue weighted by Crippen LogP contribution is 2.33. The van der Waals surface area contributed by atoms with Gasteiger partial charge in [-0.05, 0) is 67.9 Å². The normalized spacial score (nSPS) is 11.3. The lowest BCUT2D eigenvalue weighted by Crippen LogP contribution is -2.28. The Hall–Kier alpha value is -3.57. The van der Waals surface area contributed by atoms with Crippen LogP contribution in [0.15, 0.2) is 124 Å². The van der Waals surface area contributed by atoms with Gasteiger partial charge in [-0.25, -0.2) is 9.18 Å². The third-order valence-corrected chi connectivity index (χ3v) is 7.48. The topological polar surface area (TPSA) is 35.5 Å². The fourth-order valence-corrected chi connectivity index (χ4v) is 5.70. The summed E-state index contributed by atoms with van der Waals surface area (Å²) >= 11 is 0. The second-order valence-corrected chi connectivity index (χ2v) is 10.2. The van der Waals surface area contributed by atoms with Gasteiger partial charge in [-0.15, -0.1) is 0 Å². The molecule has 0 amide bonds. The van der Waals surface area contributed by atoms with E-state index in [0.717, 1.165) is 4.90 Å². The van der Waals surface area contributed by atoms with Crippen LogP contribution in [0.1, 0.15) is 19.4 Å². The van der Waals surface area contributed by atoms with Crippen molar-refractivity contribution in [3.8, 4) is 5.75 Å². The predicted octanol–water partition coefficient (Wildman–Crippen LogP) is 6.78. The minimum Gasteiger partial charge on any atom is -0.482 e. The van der Waals surface area contributed by atoms with E-state index in [0.29, 0.717) is 11.3 Å². The van der Waals surface area contributed by atoms with Crippen LogP contribution in [0.3, 0.4) is 0 Å². The Morgan fingerprint density at radius 1 is 0.765 bits per heavy atom. The molecule has 0 aliphatic rings. The van der Waals surface area contributed by atoms with Crippen LogP contribution in [0.5, 0.6) is 5.75 Å². The maximum Gasteiger partial charge on any atom is 0.345 e. The summed E-state index contributed by atoms with van der Waals surface area (Å²) in [5.41, 5.74) is -0.192. The number of rotatable bonds is 8. The van der Waals surface area contributed by atoms with Gasteiger partial charge in [-0.3, -0.25) is 0 Å². The Balaban J connectivity index is 1.48. The molecule has 0 N–H and O–H groups in total. The van der Waals surface area contributed by atoms with Gasteiger partial charge in [-0.2, -0.15) is 0 Å². The van der Waals surface area contributed by atoms with Crippen molar-refractivity contribution in [3.63, 3.8) is 0 Å². The molecule has 0 saturated heterocycles. The van der Waals surface area contributed by atoms with Gasteiger partial charge in [0.25, 0.3) is 0 Å². The van der Waals surface area contributed by atoms with Crippen molar-refractivity contribution in [2.45, 2.75) is 34.1 Å². The number of ether oxygens (including phenoxy) is 2. The van der Waals surface area contributed by atoms with Gasteiger partial charge in [0.2, 0.25) is 0 Å². The van der Waals surface area contributed by atoms with E-state index in [4.69, 9.17) is 9.47 Å². The van der Waals surface area contributed by atoms with Gasteiger partial charge < -0.3 is 9.47 Å². The minimum absolute atomic E-state index is 0.224. The average molecular weight is 474 g/mol. The van der Waals surface area contributed by atoms with Crippen molar-refractivity contribution >= 4 is 16.9 Å². The van der Waals surface area contributed by atoms with E-state index in [-0.39, 0.29) is 23.3 Å². The van der Waals surface area contributed by atoms with Crippen molar-refractivity contribution in [1.29, 1.82) is 0 Å². The van der Waals surface area contributed by atoms with Crippen LogP contribution in [0.2, 0.25) is 0 Å². The predicted molar refractivity (Wildman–Crippen MR) is 133 cm³/mol. The smallest absolute Gasteiger partial charge is 0.345 e. The molecule has 3 nitrogen and oxygen atoms in total. The fraction of sp³-hybridized carbons (Fsp3) is 0.138. The van der Waals surface area contributed by atoms with E-state index in [1.807, 2.05) is 54.6 Å². The molecule has 0 saturated carbocycles. The van der Waals surface area contributed by atoms with Crippen LogP contribution in [-0.2, 0) is 26.0 Å². The zero-order valence-electron chi connectivity index (χ0n) is 19.1. The Kier molecular flexibility index (Phi) is 7.33. The lowest BCUT2D eigenvalue weighted by Gasteiger charge is -2.25. The van der Waals surface area contributed by atoms with E-state index < -0.39 is 11.6 Å². The Morgan fingerprint density at radius 2 is 1.32 bits per heavy atom. The van der Waals surface area contributed by atoms with Crippen LogP contribution >= 0.6 is 0 Å².